The highest BCUT2D eigenvalue weighted by Crippen LogP contribution is 2.25. The molecule has 0 unspecified atom stereocenters. The molecule has 0 fully saturated rings. The predicted octanol–water partition coefficient (Wildman–Crippen LogP) is 2.31. The molecular formula is C10H6Cl2N4O. The number of halogens is 2. The Morgan fingerprint density at radius 1 is 1.41 bits per heavy atom. The first-order valence-electron chi connectivity index (χ1n) is 4.52. The van der Waals surface area contributed by atoms with Crippen LogP contribution in [0.4, 0.5) is 0 Å². The second-order valence-corrected chi connectivity index (χ2v) is 3.78. The number of ketones is 1. The average molecular weight is 269 g/mol. The molecule has 0 saturated heterocycles. The van der Waals surface area contributed by atoms with E-state index in [0.29, 0.717) is 0 Å². The Morgan fingerprint density at radius 3 is 2.88 bits per heavy atom. The van der Waals surface area contributed by atoms with Crippen molar-refractivity contribution in [1.82, 2.24) is 19.7 Å². The van der Waals surface area contributed by atoms with E-state index in [4.69, 9.17) is 23.2 Å². The molecule has 0 radical (unpaired) electrons. The van der Waals surface area contributed by atoms with E-state index in [1.165, 1.54) is 29.5 Å². The molecule has 86 valence electrons. The van der Waals surface area contributed by atoms with Gasteiger partial charge in [0.1, 0.15) is 12.0 Å². The van der Waals surface area contributed by atoms with Gasteiger partial charge in [-0.1, -0.05) is 29.8 Å². The van der Waals surface area contributed by atoms with E-state index in [9.17, 15) is 4.79 Å². The van der Waals surface area contributed by atoms with Crippen molar-refractivity contribution in [3.63, 3.8) is 0 Å². The average Bonchev–Trinajstić information content (AvgIpc) is 2.80. The van der Waals surface area contributed by atoms with Crippen LogP contribution in [0.2, 0.25) is 10.0 Å². The van der Waals surface area contributed by atoms with Gasteiger partial charge < -0.3 is 0 Å². The molecule has 2 rings (SSSR count). The molecule has 2 aromatic heterocycles. The minimum Gasteiger partial charge on any atom is -0.283 e. The summed E-state index contributed by atoms with van der Waals surface area (Å²) in [6, 6.07) is 1.50. The van der Waals surface area contributed by atoms with E-state index < -0.39 is 5.78 Å². The first-order chi connectivity index (χ1) is 8.15. The van der Waals surface area contributed by atoms with Crippen LogP contribution >= 0.6 is 23.2 Å². The fourth-order valence-corrected chi connectivity index (χ4v) is 1.57. The highest BCUT2D eigenvalue weighted by atomic mass is 35.5. The van der Waals surface area contributed by atoms with Crippen molar-refractivity contribution < 1.29 is 4.79 Å². The smallest absolute Gasteiger partial charge is 0.250 e. The van der Waals surface area contributed by atoms with E-state index in [2.05, 4.69) is 21.6 Å². The van der Waals surface area contributed by atoms with Gasteiger partial charge in [0.25, 0.3) is 0 Å². The number of pyridine rings is 1. The first-order valence-corrected chi connectivity index (χ1v) is 5.27. The van der Waals surface area contributed by atoms with Gasteiger partial charge >= 0.3 is 0 Å². The lowest BCUT2D eigenvalue weighted by atomic mass is 10.2. The summed E-state index contributed by atoms with van der Waals surface area (Å²) in [5.41, 5.74) is 0.0373. The largest absolute Gasteiger partial charge is 0.283 e. The van der Waals surface area contributed by atoms with E-state index in [1.807, 2.05) is 0 Å². The zero-order valence-corrected chi connectivity index (χ0v) is 9.98. The second-order valence-electron chi connectivity index (χ2n) is 3.00. The van der Waals surface area contributed by atoms with Crippen LogP contribution < -0.4 is 0 Å². The van der Waals surface area contributed by atoms with E-state index in [-0.39, 0.29) is 21.6 Å². The van der Waals surface area contributed by atoms with Crippen LogP contribution in [-0.2, 0) is 0 Å². The van der Waals surface area contributed by atoms with Crippen molar-refractivity contribution in [2.24, 2.45) is 0 Å². The summed E-state index contributed by atoms with van der Waals surface area (Å²) in [6.45, 7) is 3.51. The summed E-state index contributed by atoms with van der Waals surface area (Å²) in [5, 5.41) is 4.15. The Hall–Kier alpha value is -1.72. The summed E-state index contributed by atoms with van der Waals surface area (Å²) in [7, 11) is 0. The molecule has 2 heterocycles. The maximum atomic E-state index is 12.1. The van der Waals surface area contributed by atoms with E-state index in [0.717, 1.165) is 0 Å². The standard InChI is InChI=1S/C10H6Cl2N4O/c1-2-16-10(14-5-15-16)9(17)8-7(12)6(11)3-4-13-8/h2-5H,1H2. The van der Waals surface area contributed by atoms with Crippen molar-refractivity contribution in [2.75, 3.05) is 0 Å². The van der Waals surface area contributed by atoms with Crippen molar-refractivity contribution in [1.29, 1.82) is 0 Å². The number of hydrogen-bond acceptors (Lipinski definition) is 4. The Kier molecular flexibility index (Phi) is 3.21. The van der Waals surface area contributed by atoms with Gasteiger partial charge in [-0.3, -0.25) is 9.78 Å². The second kappa shape index (κ2) is 4.65. The molecule has 2 aromatic rings. The highest BCUT2D eigenvalue weighted by molar-refractivity contribution is 6.44. The lowest BCUT2D eigenvalue weighted by molar-refractivity contribution is 0.102. The minimum atomic E-state index is -0.463. The number of aromatic nitrogens is 4. The van der Waals surface area contributed by atoms with Gasteiger partial charge in [0, 0.05) is 12.4 Å². The molecule has 0 aliphatic carbocycles. The molecule has 0 atom stereocenters. The van der Waals surface area contributed by atoms with Gasteiger partial charge in [0.15, 0.2) is 0 Å². The van der Waals surface area contributed by atoms with Crippen molar-refractivity contribution >= 4 is 35.2 Å². The summed E-state index contributed by atoms with van der Waals surface area (Å²) in [4.78, 5) is 19.8. The van der Waals surface area contributed by atoms with Crippen LogP contribution in [-0.4, -0.2) is 25.5 Å². The summed E-state index contributed by atoms with van der Waals surface area (Å²) in [6.07, 6.45) is 4.00. The predicted molar refractivity (Wildman–Crippen MR) is 64.1 cm³/mol. The molecule has 0 aliphatic rings. The van der Waals surface area contributed by atoms with Gasteiger partial charge in [-0.15, -0.1) is 0 Å². The first kappa shape index (κ1) is 11.8. The molecule has 0 aliphatic heterocycles. The Balaban J connectivity index is 2.51. The van der Waals surface area contributed by atoms with E-state index in [1.54, 1.807) is 0 Å². The number of carbonyl (C=O) groups is 1. The SMILES string of the molecule is C=Cn1ncnc1C(=O)c1nccc(Cl)c1Cl. The molecular weight excluding hydrogens is 263 g/mol. The lowest BCUT2D eigenvalue weighted by Gasteiger charge is -2.02. The zero-order chi connectivity index (χ0) is 12.4. The fourth-order valence-electron chi connectivity index (χ4n) is 1.23. The molecule has 5 nitrogen and oxygen atoms in total. The van der Waals surface area contributed by atoms with Crippen LogP contribution in [0, 0.1) is 0 Å². The summed E-state index contributed by atoms with van der Waals surface area (Å²) < 4.78 is 1.24. The van der Waals surface area contributed by atoms with Crippen LogP contribution in [0.5, 0.6) is 0 Å². The quantitative estimate of drug-likeness (QED) is 0.802. The van der Waals surface area contributed by atoms with Crippen molar-refractivity contribution in [2.45, 2.75) is 0 Å². The van der Waals surface area contributed by atoms with Crippen molar-refractivity contribution in [3.8, 4) is 0 Å². The molecule has 0 saturated carbocycles. The Morgan fingerprint density at radius 2 is 2.18 bits per heavy atom. The van der Waals surface area contributed by atoms with Crippen molar-refractivity contribution in [3.05, 3.63) is 46.7 Å². The van der Waals surface area contributed by atoms with Gasteiger partial charge in [0.05, 0.1) is 10.0 Å². The van der Waals surface area contributed by atoms with Gasteiger partial charge in [-0.2, -0.15) is 5.10 Å². The molecule has 0 N–H and O–H groups in total. The van der Waals surface area contributed by atoms with Crippen LogP contribution in [0.15, 0.2) is 25.2 Å². The highest BCUT2D eigenvalue weighted by Gasteiger charge is 2.20. The van der Waals surface area contributed by atoms with Crippen LogP contribution in [0.25, 0.3) is 6.20 Å². The Labute approximate surface area is 107 Å². The fraction of sp³-hybridized carbons (Fsp3) is 0. The minimum absolute atomic E-state index is 0.0373. The number of rotatable bonds is 3. The van der Waals surface area contributed by atoms with E-state index >= 15 is 0 Å². The van der Waals surface area contributed by atoms with Gasteiger partial charge in [-0.25, -0.2) is 9.67 Å². The third-order valence-corrected chi connectivity index (χ3v) is 2.80. The van der Waals surface area contributed by atoms with Gasteiger partial charge in [0.2, 0.25) is 11.6 Å². The maximum absolute atomic E-state index is 12.1. The molecule has 0 spiro atoms. The number of hydrogen-bond donors (Lipinski definition) is 0. The molecule has 0 bridgehead atoms. The molecule has 0 amide bonds. The number of nitrogens with zero attached hydrogens (tertiary/aromatic N) is 4. The van der Waals surface area contributed by atoms with Crippen LogP contribution in [0.1, 0.15) is 16.3 Å². The lowest BCUT2D eigenvalue weighted by Crippen LogP contribution is -2.11. The normalized spacial score (nSPS) is 10.2. The Bertz CT molecular complexity index is 594. The zero-order valence-electron chi connectivity index (χ0n) is 8.47. The third kappa shape index (κ3) is 2.07. The topological polar surface area (TPSA) is 60.7 Å². The van der Waals surface area contributed by atoms with Crippen LogP contribution in [0.3, 0.4) is 0 Å². The molecule has 17 heavy (non-hydrogen) atoms. The molecule has 0 aromatic carbocycles. The maximum Gasteiger partial charge on any atom is 0.250 e. The van der Waals surface area contributed by atoms with Gasteiger partial charge in [-0.05, 0) is 6.07 Å². The number of carbonyl (C=O) groups excluding carboxylic acids is 1. The summed E-state index contributed by atoms with van der Waals surface area (Å²) >= 11 is 11.7. The monoisotopic (exact) mass is 268 g/mol. The summed E-state index contributed by atoms with van der Waals surface area (Å²) in [5.74, 6) is -0.383. The molecule has 7 heteroatoms. The third-order valence-electron chi connectivity index (χ3n) is 2.01.